The Labute approximate surface area is 118 Å². The van der Waals surface area contributed by atoms with Crippen LogP contribution in [0.2, 0.25) is 0 Å². The molecule has 98 valence electrons. The van der Waals surface area contributed by atoms with E-state index >= 15 is 0 Å². The molecule has 0 aliphatic heterocycles. The quantitative estimate of drug-likeness (QED) is 0.848. The minimum Gasteiger partial charge on any atom is -0.484 e. The fourth-order valence-electron chi connectivity index (χ4n) is 1.40. The summed E-state index contributed by atoms with van der Waals surface area (Å²) in [5.41, 5.74) is 6.20. The average molecular weight is 322 g/mol. The Morgan fingerprint density at radius 2 is 2.21 bits per heavy atom. The van der Waals surface area contributed by atoms with Crippen LogP contribution < -0.4 is 15.8 Å². The van der Waals surface area contributed by atoms with Crippen LogP contribution in [0, 0.1) is 0 Å². The van der Waals surface area contributed by atoms with Crippen molar-refractivity contribution >= 4 is 33.3 Å². The molecule has 2 aromatic rings. The van der Waals surface area contributed by atoms with Gasteiger partial charge in [0.1, 0.15) is 11.6 Å². The Bertz CT molecular complexity index is 590. The number of halogens is 1. The first-order valence-corrected chi connectivity index (χ1v) is 6.33. The number of nitrogens with zero attached hydrogens (tertiary/aromatic N) is 1. The van der Waals surface area contributed by atoms with Crippen LogP contribution in [-0.4, -0.2) is 17.5 Å². The summed E-state index contributed by atoms with van der Waals surface area (Å²) in [5.74, 6) is 0.723. The number of nitrogen functional groups attached to an aromatic ring is 1. The topological polar surface area (TPSA) is 77.2 Å². The van der Waals surface area contributed by atoms with Crippen LogP contribution in [-0.2, 0) is 4.79 Å². The fourth-order valence-corrected chi connectivity index (χ4v) is 1.75. The van der Waals surface area contributed by atoms with Gasteiger partial charge in [0.15, 0.2) is 6.61 Å². The highest BCUT2D eigenvalue weighted by molar-refractivity contribution is 9.10. The largest absolute Gasteiger partial charge is 0.484 e. The van der Waals surface area contributed by atoms with Crippen LogP contribution in [0.5, 0.6) is 5.75 Å². The minimum atomic E-state index is -0.290. The molecule has 5 nitrogen and oxygen atoms in total. The molecule has 0 aliphatic rings. The average Bonchev–Trinajstić information content (AvgIpc) is 2.39. The Balaban J connectivity index is 1.90. The number of anilines is 2. The van der Waals surface area contributed by atoms with Crippen LogP contribution in [0.15, 0.2) is 47.1 Å². The second-order valence-corrected chi connectivity index (χ2v) is 4.60. The van der Waals surface area contributed by atoms with E-state index in [4.69, 9.17) is 10.5 Å². The van der Waals surface area contributed by atoms with E-state index in [0.717, 1.165) is 0 Å². The predicted molar refractivity (Wildman–Crippen MR) is 76.9 cm³/mol. The normalized spacial score (nSPS) is 9.95. The maximum Gasteiger partial charge on any atom is 0.263 e. The van der Waals surface area contributed by atoms with Crippen molar-refractivity contribution in [3.63, 3.8) is 0 Å². The van der Waals surface area contributed by atoms with Crippen LogP contribution >= 0.6 is 15.9 Å². The number of amides is 1. The highest BCUT2D eigenvalue weighted by Gasteiger charge is 2.07. The molecule has 0 radical (unpaired) electrons. The molecular formula is C13H12BrN3O2. The van der Waals surface area contributed by atoms with Gasteiger partial charge in [-0.05, 0) is 40.2 Å². The second kappa shape index (κ2) is 6.19. The molecule has 0 saturated heterocycles. The molecule has 6 heteroatoms. The summed E-state index contributed by atoms with van der Waals surface area (Å²) < 4.78 is 6.04. The van der Waals surface area contributed by atoms with Crippen LogP contribution in [0.4, 0.5) is 11.5 Å². The van der Waals surface area contributed by atoms with Crippen LogP contribution in [0.3, 0.4) is 0 Å². The third-order valence-electron chi connectivity index (χ3n) is 2.24. The number of nitrogens with one attached hydrogen (secondary N) is 1. The minimum absolute atomic E-state index is 0.105. The van der Waals surface area contributed by atoms with Crippen molar-refractivity contribution in [3.8, 4) is 5.75 Å². The van der Waals surface area contributed by atoms with Gasteiger partial charge in [-0.2, -0.15) is 0 Å². The summed E-state index contributed by atoms with van der Waals surface area (Å²) >= 11 is 3.30. The molecule has 1 amide bonds. The van der Waals surface area contributed by atoms with E-state index in [1.54, 1.807) is 42.6 Å². The number of carbonyl (C=O) groups is 1. The zero-order valence-electron chi connectivity index (χ0n) is 9.97. The first kappa shape index (κ1) is 13.4. The third-order valence-corrected chi connectivity index (χ3v) is 2.88. The molecule has 0 atom stereocenters. The summed E-state index contributed by atoms with van der Waals surface area (Å²) in [6, 6.07) is 10.5. The monoisotopic (exact) mass is 321 g/mol. The molecule has 1 heterocycles. The van der Waals surface area contributed by atoms with Gasteiger partial charge < -0.3 is 15.8 Å². The van der Waals surface area contributed by atoms with E-state index in [1.165, 1.54) is 0 Å². The van der Waals surface area contributed by atoms with Gasteiger partial charge in [-0.15, -0.1) is 0 Å². The molecule has 1 aromatic carbocycles. The highest BCUT2D eigenvalue weighted by Crippen LogP contribution is 2.18. The molecule has 0 saturated carbocycles. The standard InChI is InChI=1S/C13H12BrN3O2/c14-11-5-2-6-16-13(11)17-12(18)8-19-10-4-1-3-9(15)7-10/h1-7H,8,15H2,(H,16,17,18). The number of benzene rings is 1. The van der Waals surface area contributed by atoms with Gasteiger partial charge >= 0.3 is 0 Å². The van der Waals surface area contributed by atoms with Crippen LogP contribution in [0.1, 0.15) is 0 Å². The Kier molecular flexibility index (Phi) is 4.35. The molecule has 1 aromatic heterocycles. The van der Waals surface area contributed by atoms with Gasteiger partial charge in [-0.1, -0.05) is 6.07 Å². The predicted octanol–water partition coefficient (Wildman–Crippen LogP) is 2.44. The maximum absolute atomic E-state index is 11.7. The summed E-state index contributed by atoms with van der Waals surface area (Å²) in [6.45, 7) is -0.105. The lowest BCUT2D eigenvalue weighted by Crippen LogP contribution is -2.21. The van der Waals surface area contributed by atoms with Crippen molar-refractivity contribution in [1.29, 1.82) is 0 Å². The molecule has 0 aliphatic carbocycles. The van der Waals surface area contributed by atoms with Crippen molar-refractivity contribution in [3.05, 3.63) is 47.1 Å². The first-order valence-electron chi connectivity index (χ1n) is 5.54. The van der Waals surface area contributed by atoms with Crippen molar-refractivity contribution in [2.45, 2.75) is 0 Å². The molecule has 2 rings (SSSR count). The zero-order chi connectivity index (χ0) is 13.7. The molecular weight excluding hydrogens is 310 g/mol. The van der Waals surface area contributed by atoms with Gasteiger partial charge in [0.2, 0.25) is 0 Å². The Morgan fingerprint density at radius 3 is 2.95 bits per heavy atom. The van der Waals surface area contributed by atoms with Crippen molar-refractivity contribution < 1.29 is 9.53 Å². The van der Waals surface area contributed by atoms with Crippen molar-refractivity contribution in [2.24, 2.45) is 0 Å². The lowest BCUT2D eigenvalue weighted by atomic mass is 10.3. The van der Waals surface area contributed by atoms with Gasteiger partial charge in [-0.3, -0.25) is 4.79 Å². The number of ether oxygens (including phenoxy) is 1. The number of aromatic nitrogens is 1. The zero-order valence-corrected chi connectivity index (χ0v) is 11.6. The lowest BCUT2D eigenvalue weighted by molar-refractivity contribution is -0.118. The van der Waals surface area contributed by atoms with E-state index in [1.807, 2.05) is 0 Å². The summed E-state index contributed by atoms with van der Waals surface area (Å²) in [6.07, 6.45) is 1.60. The van der Waals surface area contributed by atoms with Crippen molar-refractivity contribution in [2.75, 3.05) is 17.7 Å². The van der Waals surface area contributed by atoms with Gasteiger partial charge in [0.05, 0.1) is 4.47 Å². The second-order valence-electron chi connectivity index (χ2n) is 3.74. The number of hydrogen-bond donors (Lipinski definition) is 2. The summed E-state index contributed by atoms with van der Waals surface area (Å²) in [4.78, 5) is 15.7. The number of nitrogens with two attached hydrogens (primary N) is 1. The Morgan fingerprint density at radius 1 is 1.37 bits per heavy atom. The van der Waals surface area contributed by atoms with Crippen molar-refractivity contribution in [1.82, 2.24) is 4.98 Å². The SMILES string of the molecule is Nc1cccc(OCC(=O)Nc2ncccc2Br)c1. The molecule has 0 fully saturated rings. The fraction of sp³-hybridized carbons (Fsp3) is 0.0769. The smallest absolute Gasteiger partial charge is 0.263 e. The molecule has 3 N–H and O–H groups in total. The number of hydrogen-bond acceptors (Lipinski definition) is 4. The van der Waals surface area contributed by atoms with E-state index < -0.39 is 0 Å². The van der Waals surface area contributed by atoms with E-state index in [0.29, 0.717) is 21.7 Å². The van der Waals surface area contributed by atoms with Gasteiger partial charge in [0, 0.05) is 18.0 Å². The number of carbonyl (C=O) groups excluding carboxylic acids is 1. The maximum atomic E-state index is 11.7. The summed E-state index contributed by atoms with van der Waals surface area (Å²) in [5, 5.41) is 2.64. The highest BCUT2D eigenvalue weighted by atomic mass is 79.9. The molecule has 0 bridgehead atoms. The first-order chi connectivity index (χ1) is 9.15. The van der Waals surface area contributed by atoms with Gasteiger partial charge in [0.25, 0.3) is 5.91 Å². The van der Waals surface area contributed by atoms with E-state index in [2.05, 4.69) is 26.2 Å². The third kappa shape index (κ3) is 3.96. The molecule has 0 spiro atoms. The van der Waals surface area contributed by atoms with E-state index in [9.17, 15) is 4.79 Å². The van der Waals surface area contributed by atoms with Gasteiger partial charge in [-0.25, -0.2) is 4.98 Å². The number of rotatable bonds is 4. The summed E-state index contributed by atoms with van der Waals surface area (Å²) in [7, 11) is 0. The Hall–Kier alpha value is -2.08. The molecule has 19 heavy (non-hydrogen) atoms. The molecule has 0 unspecified atom stereocenters. The van der Waals surface area contributed by atoms with Crippen LogP contribution in [0.25, 0.3) is 0 Å². The lowest BCUT2D eigenvalue weighted by Gasteiger charge is -2.08. The van der Waals surface area contributed by atoms with E-state index in [-0.39, 0.29) is 12.5 Å². The number of pyridine rings is 1.